The lowest BCUT2D eigenvalue weighted by molar-refractivity contribution is -0.139. The lowest BCUT2D eigenvalue weighted by Crippen LogP contribution is -2.22. The predicted octanol–water partition coefficient (Wildman–Crippen LogP) is 2.38. The lowest BCUT2D eigenvalue weighted by atomic mass is 10.4. The van der Waals surface area contributed by atoms with E-state index in [-0.39, 0.29) is 19.3 Å². The number of nitrogens with zero attached hydrogens (tertiary/aromatic N) is 1. The molecule has 0 aromatic carbocycles. The zero-order valence-corrected chi connectivity index (χ0v) is 14.8. The Balaban J connectivity index is 4.11. The molecule has 0 spiro atoms. The van der Waals surface area contributed by atoms with Crippen LogP contribution < -0.4 is 5.09 Å². The minimum atomic E-state index is -1.33. The number of hydrogen-bond donors (Lipinski definition) is 1. The van der Waals surface area contributed by atoms with E-state index in [0.717, 1.165) is 0 Å². The molecule has 0 radical (unpaired) electrons. The van der Waals surface area contributed by atoms with E-state index in [9.17, 15) is 4.79 Å². The number of nitrogens with one attached hydrogen (secondary N) is 1. The molecule has 0 saturated carbocycles. The van der Waals surface area contributed by atoms with Crippen LogP contribution in [-0.2, 0) is 18.6 Å². The molecule has 118 valence electrons. The second-order valence-electron chi connectivity index (χ2n) is 4.09. The molecular weight excluding hydrogens is 310 g/mol. The summed E-state index contributed by atoms with van der Waals surface area (Å²) >= 11 is 0. The van der Waals surface area contributed by atoms with Gasteiger partial charge in [0.2, 0.25) is 0 Å². The quantitative estimate of drug-likeness (QED) is 0.271. The van der Waals surface area contributed by atoms with Crippen LogP contribution in [0.25, 0.3) is 0 Å². The van der Waals surface area contributed by atoms with Gasteiger partial charge >= 0.3 is 5.97 Å². The Morgan fingerprint density at radius 1 is 1.48 bits per heavy atom. The van der Waals surface area contributed by atoms with Gasteiger partial charge in [0.05, 0.1) is 25.7 Å². The second kappa shape index (κ2) is 12.9. The van der Waals surface area contributed by atoms with Crippen LogP contribution in [0.2, 0.25) is 0 Å². The average Bonchev–Trinajstić information content (AvgIpc) is 2.43. The van der Waals surface area contributed by atoms with Gasteiger partial charge in [-0.2, -0.15) is 5.26 Å². The molecule has 8 heteroatoms. The Morgan fingerprint density at radius 3 is 2.71 bits per heavy atom. The molecule has 0 rings (SSSR count). The van der Waals surface area contributed by atoms with E-state index in [4.69, 9.17) is 19.0 Å². The predicted molar refractivity (Wildman–Crippen MR) is 87.7 cm³/mol. The van der Waals surface area contributed by atoms with Crippen molar-refractivity contribution in [1.82, 2.24) is 5.09 Å². The van der Waals surface area contributed by atoms with Crippen molar-refractivity contribution in [2.45, 2.75) is 26.3 Å². The van der Waals surface area contributed by atoms with E-state index in [1.165, 1.54) is 0 Å². The Kier molecular flexibility index (Phi) is 12.4. The highest BCUT2D eigenvalue weighted by atomic mass is 31.2. The molecular formula is C13H23N2O4P2+. The van der Waals surface area contributed by atoms with Gasteiger partial charge in [0.15, 0.2) is 0 Å². The Hall–Kier alpha value is -0.820. The zero-order valence-electron chi connectivity index (χ0n) is 12.5. The van der Waals surface area contributed by atoms with E-state index in [0.29, 0.717) is 18.6 Å². The molecule has 1 N–H and O–H groups in total. The third-order valence-electron chi connectivity index (χ3n) is 2.03. The van der Waals surface area contributed by atoms with E-state index in [1.54, 1.807) is 16.2 Å². The third-order valence-corrected chi connectivity index (χ3v) is 3.75. The number of hydrogen-bond acceptors (Lipinski definition) is 6. The first-order chi connectivity index (χ1) is 10.0. The van der Waals surface area contributed by atoms with Crippen molar-refractivity contribution in [3.8, 4) is 6.07 Å². The molecule has 0 aliphatic rings. The topological polar surface area (TPSA) is 80.6 Å². The molecule has 6 nitrogen and oxygen atoms in total. The van der Waals surface area contributed by atoms with E-state index >= 15 is 0 Å². The molecule has 3 unspecified atom stereocenters. The molecule has 0 bridgehead atoms. The van der Waals surface area contributed by atoms with Crippen molar-refractivity contribution in [3.05, 3.63) is 24.0 Å². The lowest BCUT2D eigenvalue weighted by Gasteiger charge is -2.20. The van der Waals surface area contributed by atoms with Crippen molar-refractivity contribution in [2.24, 2.45) is 0 Å². The van der Waals surface area contributed by atoms with Gasteiger partial charge in [-0.25, -0.2) is 9.88 Å². The first kappa shape index (κ1) is 20.2. The SMILES string of the molecule is C=C(C)C(=O)OCCOP(NC(C)/C=C/[PH3+])OCCC#N. The fraction of sp³-hybridized carbons (Fsp3) is 0.538. The molecule has 0 aromatic heterocycles. The summed E-state index contributed by atoms with van der Waals surface area (Å²) in [4.78, 5) is 11.2. The van der Waals surface area contributed by atoms with Crippen LogP contribution in [0.5, 0.6) is 0 Å². The maximum atomic E-state index is 11.2. The first-order valence-corrected chi connectivity index (χ1v) is 8.48. The fourth-order valence-corrected chi connectivity index (χ4v) is 2.63. The number of carbonyl (C=O) groups is 1. The summed E-state index contributed by atoms with van der Waals surface area (Å²) in [5, 5.41) is 11.7. The normalized spacial score (nSPS) is 13.8. The van der Waals surface area contributed by atoms with Gasteiger partial charge in [0, 0.05) is 17.4 Å². The van der Waals surface area contributed by atoms with Gasteiger partial charge < -0.3 is 13.8 Å². The largest absolute Gasteiger partial charge is 0.460 e. The van der Waals surface area contributed by atoms with Crippen molar-refractivity contribution in [3.63, 3.8) is 0 Å². The Labute approximate surface area is 129 Å². The highest BCUT2D eigenvalue weighted by Crippen LogP contribution is 2.34. The Bertz CT molecular complexity index is 396. The fourth-order valence-electron chi connectivity index (χ4n) is 1.08. The number of ether oxygens (including phenoxy) is 1. The van der Waals surface area contributed by atoms with Gasteiger partial charge in [0.25, 0.3) is 8.53 Å². The van der Waals surface area contributed by atoms with Crippen molar-refractivity contribution < 1.29 is 18.6 Å². The summed E-state index contributed by atoms with van der Waals surface area (Å²) in [7, 11) is 0.405. The summed E-state index contributed by atoms with van der Waals surface area (Å²) in [5.41, 5.74) is 0.350. The van der Waals surface area contributed by atoms with Crippen LogP contribution in [0.3, 0.4) is 0 Å². The number of rotatable bonds is 11. The zero-order chi connectivity index (χ0) is 16.1. The summed E-state index contributed by atoms with van der Waals surface area (Å²) in [5.74, 6) is 1.51. The maximum Gasteiger partial charge on any atom is 0.333 e. The second-order valence-corrected chi connectivity index (χ2v) is 5.85. The maximum absolute atomic E-state index is 11.2. The summed E-state index contributed by atoms with van der Waals surface area (Å²) < 4.78 is 15.9. The molecule has 0 aromatic rings. The highest BCUT2D eigenvalue weighted by Gasteiger charge is 2.14. The van der Waals surface area contributed by atoms with Gasteiger partial charge in [-0.15, -0.1) is 0 Å². The third kappa shape index (κ3) is 11.5. The van der Waals surface area contributed by atoms with E-state index < -0.39 is 14.5 Å². The van der Waals surface area contributed by atoms with Crippen molar-refractivity contribution in [2.75, 3.05) is 19.8 Å². The van der Waals surface area contributed by atoms with Crippen LogP contribution in [0, 0.1) is 11.3 Å². The standard InChI is InChI=1S/C13H22N2O4P2/c1-11(2)13(16)17-8-9-19-21(18-7-4-6-14)15-12(3)5-10-20/h5,10,12,15H,1,4,7-9,20H2,2-3H3/p+1/b10-5+. The summed E-state index contributed by atoms with van der Waals surface area (Å²) in [6.07, 6.45) is 2.28. The van der Waals surface area contributed by atoms with E-state index in [1.807, 2.05) is 24.9 Å². The van der Waals surface area contributed by atoms with E-state index in [2.05, 4.69) is 11.7 Å². The molecule has 0 amide bonds. The number of carbonyl (C=O) groups excluding carboxylic acids is 1. The summed E-state index contributed by atoms with van der Waals surface area (Å²) in [6.45, 7) is 7.69. The molecule has 21 heavy (non-hydrogen) atoms. The highest BCUT2D eigenvalue weighted by molar-refractivity contribution is 7.45. The molecule has 0 aliphatic carbocycles. The smallest absolute Gasteiger partial charge is 0.333 e. The van der Waals surface area contributed by atoms with Crippen LogP contribution in [0.1, 0.15) is 20.3 Å². The van der Waals surface area contributed by atoms with Gasteiger partial charge in [-0.05, 0) is 29.2 Å². The average molecular weight is 333 g/mol. The van der Waals surface area contributed by atoms with Crippen LogP contribution in [-0.4, -0.2) is 31.8 Å². The van der Waals surface area contributed by atoms with Crippen LogP contribution >= 0.6 is 17.8 Å². The Morgan fingerprint density at radius 2 is 2.14 bits per heavy atom. The van der Waals surface area contributed by atoms with Crippen LogP contribution in [0.15, 0.2) is 24.0 Å². The minimum absolute atomic E-state index is 0.0914. The van der Waals surface area contributed by atoms with Gasteiger partial charge in [-0.1, -0.05) is 6.58 Å². The summed E-state index contributed by atoms with van der Waals surface area (Å²) in [6, 6.07) is 2.10. The minimum Gasteiger partial charge on any atom is -0.460 e. The van der Waals surface area contributed by atoms with Gasteiger partial charge in [-0.3, -0.25) is 0 Å². The molecule has 0 aliphatic heterocycles. The van der Waals surface area contributed by atoms with Crippen LogP contribution in [0.4, 0.5) is 0 Å². The molecule has 0 saturated heterocycles. The molecule has 3 atom stereocenters. The monoisotopic (exact) mass is 333 g/mol. The molecule has 0 fully saturated rings. The van der Waals surface area contributed by atoms with Crippen molar-refractivity contribution in [1.29, 1.82) is 5.26 Å². The van der Waals surface area contributed by atoms with Crippen molar-refractivity contribution >= 4 is 23.7 Å². The van der Waals surface area contributed by atoms with Gasteiger partial charge in [0.1, 0.15) is 6.61 Å². The number of esters is 1. The number of nitriles is 1. The molecule has 0 heterocycles. The first-order valence-electron chi connectivity index (χ1n) is 6.48.